The molecule has 4 atom stereocenters. The minimum Gasteiger partial charge on any atom is -0.493 e. The largest absolute Gasteiger partial charge is 0.493 e. The molecular formula is C34H29N3O8. The average Bonchev–Trinajstić information content (AvgIpc) is 3.53. The number of carbonyl (C=O) groups is 3. The van der Waals surface area contributed by atoms with Crippen LogP contribution in [-0.4, -0.2) is 40.5 Å². The summed E-state index contributed by atoms with van der Waals surface area (Å²) in [7, 11) is 1.48. The van der Waals surface area contributed by atoms with Crippen LogP contribution in [0.2, 0.25) is 0 Å². The molecule has 6 rings (SSSR count). The van der Waals surface area contributed by atoms with Crippen LogP contribution in [0.15, 0.2) is 103 Å². The normalized spacial score (nSPS) is 22.2. The van der Waals surface area contributed by atoms with Gasteiger partial charge in [-0.1, -0.05) is 78.9 Å². The van der Waals surface area contributed by atoms with Gasteiger partial charge >= 0.3 is 5.97 Å². The van der Waals surface area contributed by atoms with E-state index in [1.54, 1.807) is 48.5 Å². The van der Waals surface area contributed by atoms with E-state index in [0.29, 0.717) is 22.6 Å². The lowest BCUT2D eigenvalue weighted by molar-refractivity contribution is -0.384. The number of rotatable bonds is 10. The second kappa shape index (κ2) is 11.9. The third-order valence-corrected chi connectivity index (χ3v) is 8.45. The summed E-state index contributed by atoms with van der Waals surface area (Å²) in [6.07, 6.45) is -0.104. The number of nitro benzene ring substituents is 1. The Morgan fingerprint density at radius 1 is 0.933 bits per heavy atom. The fourth-order valence-electron chi connectivity index (χ4n) is 6.45. The predicted octanol–water partition coefficient (Wildman–Crippen LogP) is 4.70. The van der Waals surface area contributed by atoms with Crippen LogP contribution < -0.4 is 19.7 Å². The van der Waals surface area contributed by atoms with Crippen molar-refractivity contribution in [2.24, 2.45) is 11.8 Å². The van der Waals surface area contributed by atoms with E-state index in [-0.39, 0.29) is 24.4 Å². The van der Waals surface area contributed by atoms with E-state index >= 15 is 0 Å². The first-order chi connectivity index (χ1) is 21.7. The SMILES string of the molecule is COc1cccc(C2NC(Cc3ccccc3)(C(=O)O)C3C(=O)N(c4cccc([N+](=O)[O-])c4)C(=O)C23)c1OCc1ccccc1. The maximum Gasteiger partial charge on any atom is 0.325 e. The number of nitro groups is 1. The first-order valence-corrected chi connectivity index (χ1v) is 14.3. The number of amides is 2. The van der Waals surface area contributed by atoms with Gasteiger partial charge in [-0.25, -0.2) is 4.90 Å². The highest BCUT2D eigenvalue weighted by molar-refractivity contribution is 6.24. The summed E-state index contributed by atoms with van der Waals surface area (Å²) in [5, 5.41) is 25.6. The van der Waals surface area contributed by atoms with Crippen molar-refractivity contribution in [2.45, 2.75) is 24.6 Å². The average molecular weight is 608 g/mol. The molecule has 4 aromatic rings. The number of anilines is 1. The summed E-state index contributed by atoms with van der Waals surface area (Å²) >= 11 is 0. The van der Waals surface area contributed by atoms with Gasteiger partial charge in [-0.05, 0) is 23.3 Å². The number of methoxy groups -OCH3 is 1. The molecule has 0 aliphatic carbocycles. The topological polar surface area (TPSA) is 148 Å². The van der Waals surface area contributed by atoms with Crippen LogP contribution in [0.4, 0.5) is 11.4 Å². The maximum absolute atomic E-state index is 14.3. The Morgan fingerprint density at radius 2 is 1.60 bits per heavy atom. The zero-order valence-corrected chi connectivity index (χ0v) is 24.2. The van der Waals surface area contributed by atoms with Crippen molar-refractivity contribution in [3.05, 3.63) is 130 Å². The van der Waals surface area contributed by atoms with Gasteiger partial charge in [-0.2, -0.15) is 0 Å². The van der Waals surface area contributed by atoms with Crippen molar-refractivity contribution in [2.75, 3.05) is 12.0 Å². The van der Waals surface area contributed by atoms with Gasteiger partial charge < -0.3 is 14.6 Å². The van der Waals surface area contributed by atoms with Gasteiger partial charge in [0.1, 0.15) is 12.1 Å². The fraction of sp³-hybridized carbons (Fsp3) is 0.206. The number of ether oxygens (including phenoxy) is 2. The number of carbonyl (C=O) groups excluding carboxylic acids is 2. The highest BCUT2D eigenvalue weighted by Crippen LogP contribution is 2.53. The lowest BCUT2D eigenvalue weighted by atomic mass is 9.76. The van der Waals surface area contributed by atoms with Crippen molar-refractivity contribution in [3.63, 3.8) is 0 Å². The van der Waals surface area contributed by atoms with Crippen LogP contribution >= 0.6 is 0 Å². The van der Waals surface area contributed by atoms with Crippen molar-refractivity contribution < 1.29 is 33.9 Å². The van der Waals surface area contributed by atoms with E-state index in [2.05, 4.69) is 5.32 Å². The highest BCUT2D eigenvalue weighted by atomic mass is 16.6. The fourth-order valence-corrected chi connectivity index (χ4v) is 6.45. The summed E-state index contributed by atoms with van der Waals surface area (Å²) in [4.78, 5) is 53.7. The minimum absolute atomic E-state index is 0.00227. The number of carboxylic acids is 1. The number of fused-ring (bicyclic) bond motifs is 1. The van der Waals surface area contributed by atoms with E-state index in [1.807, 2.05) is 30.3 Å². The molecule has 2 aliphatic heterocycles. The number of hydrogen-bond donors (Lipinski definition) is 2. The number of aliphatic carboxylic acids is 1. The molecule has 0 radical (unpaired) electrons. The zero-order chi connectivity index (χ0) is 31.7. The molecule has 11 heteroatoms. The number of nitrogens with one attached hydrogen (secondary N) is 1. The first-order valence-electron chi connectivity index (χ1n) is 14.3. The van der Waals surface area contributed by atoms with Crippen LogP contribution in [-0.2, 0) is 27.4 Å². The Kier molecular flexibility index (Phi) is 7.78. The molecule has 2 heterocycles. The molecule has 45 heavy (non-hydrogen) atoms. The zero-order valence-electron chi connectivity index (χ0n) is 24.2. The molecule has 0 saturated carbocycles. The lowest BCUT2D eigenvalue weighted by Crippen LogP contribution is -2.57. The number of non-ortho nitro benzene ring substituents is 1. The van der Waals surface area contributed by atoms with Crippen molar-refractivity contribution in [1.82, 2.24) is 5.32 Å². The Hall–Kier alpha value is -5.55. The number of benzene rings is 4. The molecular weight excluding hydrogens is 578 g/mol. The van der Waals surface area contributed by atoms with Crippen molar-refractivity contribution in [1.29, 1.82) is 0 Å². The summed E-state index contributed by atoms with van der Waals surface area (Å²) in [5.74, 6) is -4.59. The van der Waals surface area contributed by atoms with Crippen LogP contribution in [0.1, 0.15) is 22.7 Å². The van der Waals surface area contributed by atoms with Gasteiger partial charge in [0.15, 0.2) is 11.5 Å². The Morgan fingerprint density at radius 3 is 2.24 bits per heavy atom. The highest BCUT2D eigenvalue weighted by Gasteiger charge is 2.69. The smallest absolute Gasteiger partial charge is 0.325 e. The third kappa shape index (κ3) is 5.17. The van der Waals surface area contributed by atoms with Gasteiger partial charge in [0.2, 0.25) is 11.8 Å². The standard InChI is InChI=1S/C34H29N3O8/c1-44-26-17-9-16-25(30(26)45-20-22-12-6-3-7-13-22)29-27-28(34(35-29,33(40)41)19-21-10-4-2-5-11-21)32(39)36(31(27)38)23-14-8-15-24(18-23)37(42)43/h2-18,27-29,35H,19-20H2,1H3,(H,40,41). The summed E-state index contributed by atoms with van der Waals surface area (Å²) < 4.78 is 11.9. The number of para-hydroxylation sites is 1. The molecule has 4 unspecified atom stereocenters. The van der Waals surface area contributed by atoms with Crippen LogP contribution in [0.5, 0.6) is 11.5 Å². The van der Waals surface area contributed by atoms with Gasteiger partial charge in [-0.3, -0.25) is 29.8 Å². The number of nitrogens with zero attached hydrogens (tertiary/aromatic N) is 2. The van der Waals surface area contributed by atoms with E-state index in [1.165, 1.54) is 25.3 Å². The number of imide groups is 1. The van der Waals surface area contributed by atoms with Crippen molar-refractivity contribution in [3.8, 4) is 11.5 Å². The second-order valence-electron chi connectivity index (χ2n) is 11.0. The lowest BCUT2D eigenvalue weighted by Gasteiger charge is -2.31. The van der Waals surface area contributed by atoms with Crippen LogP contribution in [0, 0.1) is 22.0 Å². The van der Waals surface area contributed by atoms with Gasteiger partial charge in [0.25, 0.3) is 5.69 Å². The maximum atomic E-state index is 14.3. The monoisotopic (exact) mass is 607 g/mol. The first kappa shape index (κ1) is 29.5. The van der Waals surface area contributed by atoms with E-state index in [9.17, 15) is 29.6 Å². The van der Waals surface area contributed by atoms with Crippen LogP contribution in [0.25, 0.3) is 0 Å². The van der Waals surface area contributed by atoms with Gasteiger partial charge in [0.05, 0.1) is 29.6 Å². The summed E-state index contributed by atoms with van der Waals surface area (Å²) in [6, 6.07) is 27.6. The number of hydrogen-bond acceptors (Lipinski definition) is 8. The van der Waals surface area contributed by atoms with Crippen LogP contribution in [0.3, 0.4) is 0 Å². The Balaban J connectivity index is 1.50. The minimum atomic E-state index is -1.90. The molecule has 4 aromatic carbocycles. The van der Waals surface area contributed by atoms with Gasteiger partial charge in [-0.15, -0.1) is 0 Å². The predicted molar refractivity (Wildman–Crippen MR) is 163 cm³/mol. The van der Waals surface area contributed by atoms with Crippen molar-refractivity contribution >= 4 is 29.2 Å². The molecule has 2 N–H and O–H groups in total. The van der Waals surface area contributed by atoms with E-state index < -0.39 is 46.1 Å². The molecule has 11 nitrogen and oxygen atoms in total. The summed E-state index contributed by atoms with van der Waals surface area (Å²) in [5.41, 5.74) is -0.251. The Labute approximate surface area is 258 Å². The number of carboxylic acid groups (broad SMARTS) is 1. The Bertz CT molecular complexity index is 1780. The third-order valence-electron chi connectivity index (χ3n) is 8.45. The molecule has 0 spiro atoms. The molecule has 2 aliphatic rings. The molecule has 2 saturated heterocycles. The molecule has 2 fully saturated rings. The second-order valence-corrected chi connectivity index (χ2v) is 11.0. The van der Waals surface area contributed by atoms with Gasteiger partial charge in [0, 0.05) is 30.2 Å². The molecule has 0 bridgehead atoms. The quantitative estimate of drug-likeness (QED) is 0.149. The molecule has 0 aromatic heterocycles. The summed E-state index contributed by atoms with van der Waals surface area (Å²) in [6.45, 7) is 0.163. The molecule has 228 valence electrons. The van der Waals surface area contributed by atoms with E-state index in [4.69, 9.17) is 9.47 Å². The van der Waals surface area contributed by atoms with E-state index in [0.717, 1.165) is 16.5 Å². The molecule has 2 amide bonds.